The van der Waals surface area contributed by atoms with E-state index in [9.17, 15) is 9.59 Å². The molecule has 0 unspecified atom stereocenters. The van der Waals surface area contributed by atoms with Crippen molar-refractivity contribution in [3.8, 4) is 11.5 Å². The molecule has 1 aliphatic carbocycles. The third kappa shape index (κ3) is 5.17. The topological polar surface area (TPSA) is 95.9 Å². The SMILES string of the molecule is COc1cc(C(=O)n2ccccc2=NC2CCCCC2)cc(Cl)c1OCC(N)=O. The van der Waals surface area contributed by atoms with E-state index in [-0.39, 0.29) is 35.1 Å². The standard InChI is InChI=1S/C21H24ClN3O4/c1-28-17-12-14(11-16(22)20(17)29-13-18(23)26)21(27)25-10-6-5-9-19(25)24-15-7-3-2-4-8-15/h5-6,9-12,15H,2-4,7-8,13H2,1H3,(H2,23,26). The van der Waals surface area contributed by atoms with Gasteiger partial charge in [0.1, 0.15) is 5.49 Å². The number of pyridine rings is 1. The maximum Gasteiger partial charge on any atom is 0.263 e. The van der Waals surface area contributed by atoms with Crippen LogP contribution in [0.15, 0.2) is 41.5 Å². The van der Waals surface area contributed by atoms with Crippen LogP contribution in [-0.4, -0.2) is 36.1 Å². The van der Waals surface area contributed by atoms with Crippen LogP contribution in [0.1, 0.15) is 42.5 Å². The molecule has 1 aliphatic rings. The quantitative estimate of drug-likeness (QED) is 0.781. The van der Waals surface area contributed by atoms with E-state index < -0.39 is 5.91 Å². The Balaban J connectivity index is 1.96. The summed E-state index contributed by atoms with van der Waals surface area (Å²) in [6, 6.07) is 8.70. The van der Waals surface area contributed by atoms with Gasteiger partial charge in [0, 0.05) is 11.8 Å². The number of nitrogens with two attached hydrogens (primary N) is 1. The number of amides is 1. The van der Waals surface area contributed by atoms with E-state index in [0.717, 1.165) is 25.7 Å². The van der Waals surface area contributed by atoms with E-state index in [1.807, 2.05) is 12.1 Å². The van der Waals surface area contributed by atoms with Gasteiger partial charge < -0.3 is 15.2 Å². The molecule has 1 fully saturated rings. The summed E-state index contributed by atoms with van der Waals surface area (Å²) >= 11 is 6.28. The average Bonchev–Trinajstić information content (AvgIpc) is 2.73. The molecule has 2 N–H and O–H groups in total. The molecule has 1 heterocycles. The van der Waals surface area contributed by atoms with E-state index in [0.29, 0.717) is 11.1 Å². The van der Waals surface area contributed by atoms with Gasteiger partial charge in [0.05, 0.1) is 18.2 Å². The number of benzene rings is 1. The van der Waals surface area contributed by atoms with Crippen LogP contribution < -0.4 is 20.7 Å². The molecule has 0 aliphatic heterocycles. The maximum atomic E-state index is 13.2. The second kappa shape index (κ2) is 9.60. The second-order valence-corrected chi connectivity index (χ2v) is 7.31. The number of methoxy groups -OCH3 is 1. The monoisotopic (exact) mass is 417 g/mol. The Kier molecular flexibility index (Phi) is 6.93. The van der Waals surface area contributed by atoms with Crippen molar-refractivity contribution in [1.29, 1.82) is 0 Å². The molecule has 1 saturated carbocycles. The molecule has 0 atom stereocenters. The zero-order valence-electron chi connectivity index (χ0n) is 16.3. The van der Waals surface area contributed by atoms with Gasteiger partial charge >= 0.3 is 0 Å². The van der Waals surface area contributed by atoms with Crippen molar-refractivity contribution >= 4 is 23.4 Å². The normalized spacial score (nSPS) is 15.2. The summed E-state index contributed by atoms with van der Waals surface area (Å²) in [6.07, 6.45) is 7.32. The summed E-state index contributed by atoms with van der Waals surface area (Å²) in [7, 11) is 1.43. The largest absolute Gasteiger partial charge is 0.493 e. The van der Waals surface area contributed by atoms with Gasteiger partial charge in [0.25, 0.3) is 11.8 Å². The van der Waals surface area contributed by atoms with Crippen molar-refractivity contribution in [2.24, 2.45) is 10.7 Å². The van der Waals surface area contributed by atoms with Crippen molar-refractivity contribution < 1.29 is 19.1 Å². The van der Waals surface area contributed by atoms with Gasteiger partial charge in [0.15, 0.2) is 18.1 Å². The number of hydrogen-bond acceptors (Lipinski definition) is 5. The van der Waals surface area contributed by atoms with Crippen LogP contribution in [0.4, 0.5) is 0 Å². The van der Waals surface area contributed by atoms with Gasteiger partial charge in [-0.3, -0.25) is 19.1 Å². The maximum absolute atomic E-state index is 13.2. The molecule has 154 valence electrons. The molecular formula is C21H24ClN3O4. The van der Waals surface area contributed by atoms with E-state index in [1.165, 1.54) is 30.2 Å². The Morgan fingerprint density at radius 3 is 2.69 bits per heavy atom. The van der Waals surface area contributed by atoms with Gasteiger partial charge in [-0.2, -0.15) is 0 Å². The molecule has 0 spiro atoms. The Bertz CT molecular complexity index is 965. The van der Waals surface area contributed by atoms with Crippen LogP contribution in [0.3, 0.4) is 0 Å². The summed E-state index contributed by atoms with van der Waals surface area (Å²) in [6.45, 7) is -0.346. The number of hydrogen-bond donors (Lipinski definition) is 1. The fourth-order valence-electron chi connectivity index (χ4n) is 3.37. The number of aromatic nitrogens is 1. The van der Waals surface area contributed by atoms with Gasteiger partial charge in [-0.25, -0.2) is 0 Å². The molecular weight excluding hydrogens is 394 g/mol. The number of nitrogens with zero attached hydrogens (tertiary/aromatic N) is 2. The Morgan fingerprint density at radius 1 is 1.24 bits per heavy atom. The fourth-order valence-corrected chi connectivity index (χ4v) is 3.64. The number of primary amides is 1. The van der Waals surface area contributed by atoms with Crippen molar-refractivity contribution in [2.75, 3.05) is 13.7 Å². The van der Waals surface area contributed by atoms with Crippen molar-refractivity contribution in [1.82, 2.24) is 4.57 Å². The zero-order valence-corrected chi connectivity index (χ0v) is 17.0. The molecule has 7 nitrogen and oxygen atoms in total. The number of rotatable bonds is 6. The predicted molar refractivity (Wildman–Crippen MR) is 109 cm³/mol. The third-order valence-corrected chi connectivity index (χ3v) is 5.06. The summed E-state index contributed by atoms with van der Waals surface area (Å²) in [5.74, 6) is -0.530. The van der Waals surface area contributed by atoms with E-state index in [1.54, 1.807) is 12.3 Å². The molecule has 8 heteroatoms. The number of carbonyl (C=O) groups is 2. The molecule has 0 saturated heterocycles. The second-order valence-electron chi connectivity index (χ2n) is 6.90. The Labute approximate surface area is 174 Å². The third-order valence-electron chi connectivity index (χ3n) is 4.78. The molecule has 1 aromatic carbocycles. The minimum atomic E-state index is -0.642. The highest BCUT2D eigenvalue weighted by atomic mass is 35.5. The molecule has 2 aromatic rings. The van der Waals surface area contributed by atoms with Crippen LogP contribution in [-0.2, 0) is 4.79 Å². The van der Waals surface area contributed by atoms with Gasteiger partial charge in [0.2, 0.25) is 0 Å². The van der Waals surface area contributed by atoms with Crippen LogP contribution >= 0.6 is 11.6 Å². The number of halogens is 1. The van der Waals surface area contributed by atoms with Gasteiger partial charge in [-0.15, -0.1) is 0 Å². The van der Waals surface area contributed by atoms with Crippen LogP contribution in [0.5, 0.6) is 11.5 Å². The lowest BCUT2D eigenvalue weighted by Gasteiger charge is -2.18. The van der Waals surface area contributed by atoms with Crippen molar-refractivity contribution in [3.63, 3.8) is 0 Å². The fraction of sp³-hybridized carbons (Fsp3) is 0.381. The van der Waals surface area contributed by atoms with Crippen LogP contribution in [0.25, 0.3) is 0 Å². The zero-order chi connectivity index (χ0) is 20.8. The number of carbonyl (C=O) groups excluding carboxylic acids is 2. The summed E-state index contributed by atoms with van der Waals surface area (Å²) in [5.41, 5.74) is 6.03. The van der Waals surface area contributed by atoms with Gasteiger partial charge in [-0.05, 0) is 37.1 Å². The van der Waals surface area contributed by atoms with Crippen LogP contribution in [0, 0.1) is 0 Å². The minimum Gasteiger partial charge on any atom is -0.493 e. The predicted octanol–water partition coefficient (Wildman–Crippen LogP) is 2.94. The lowest BCUT2D eigenvalue weighted by Crippen LogP contribution is -2.29. The van der Waals surface area contributed by atoms with Gasteiger partial charge in [-0.1, -0.05) is 36.9 Å². The Hall–Kier alpha value is -2.80. The highest BCUT2D eigenvalue weighted by Crippen LogP contribution is 2.36. The first-order valence-electron chi connectivity index (χ1n) is 9.54. The molecule has 0 bridgehead atoms. The molecule has 29 heavy (non-hydrogen) atoms. The molecule has 1 amide bonds. The summed E-state index contributed by atoms with van der Waals surface area (Å²) in [4.78, 5) is 29.0. The molecule has 0 radical (unpaired) electrons. The highest BCUT2D eigenvalue weighted by molar-refractivity contribution is 6.32. The first kappa shape index (κ1) is 20.9. The first-order chi connectivity index (χ1) is 14.0. The lowest BCUT2D eigenvalue weighted by atomic mass is 9.96. The smallest absolute Gasteiger partial charge is 0.263 e. The molecule has 3 rings (SSSR count). The first-order valence-corrected chi connectivity index (χ1v) is 9.92. The van der Waals surface area contributed by atoms with E-state index in [2.05, 4.69) is 0 Å². The Morgan fingerprint density at radius 2 is 2.00 bits per heavy atom. The number of ether oxygens (including phenoxy) is 2. The molecule has 1 aromatic heterocycles. The van der Waals surface area contributed by atoms with Crippen LogP contribution in [0.2, 0.25) is 5.02 Å². The van der Waals surface area contributed by atoms with E-state index in [4.69, 9.17) is 31.8 Å². The summed E-state index contributed by atoms with van der Waals surface area (Å²) < 4.78 is 12.1. The van der Waals surface area contributed by atoms with Crippen molar-refractivity contribution in [2.45, 2.75) is 38.1 Å². The summed E-state index contributed by atoms with van der Waals surface area (Å²) in [5, 5.41) is 0.149. The van der Waals surface area contributed by atoms with Crippen molar-refractivity contribution in [3.05, 3.63) is 52.6 Å². The minimum absolute atomic E-state index is 0.149. The highest BCUT2D eigenvalue weighted by Gasteiger charge is 2.18. The average molecular weight is 418 g/mol. The van der Waals surface area contributed by atoms with E-state index >= 15 is 0 Å². The lowest BCUT2D eigenvalue weighted by molar-refractivity contribution is -0.119.